The van der Waals surface area contributed by atoms with Crippen molar-refractivity contribution < 1.29 is 19.4 Å². The number of nitrogens with one attached hydrogen (secondary N) is 1. The molecule has 2 N–H and O–H groups in total. The molecule has 0 aliphatic rings. The maximum atomic E-state index is 12.5. The highest BCUT2D eigenvalue weighted by Crippen LogP contribution is 2.27. The van der Waals surface area contributed by atoms with Gasteiger partial charge in [-0.15, -0.1) is 0 Å². The molecule has 0 unspecified atom stereocenters. The first-order chi connectivity index (χ1) is 14.0. The first kappa shape index (κ1) is 20.1. The smallest absolute Gasteiger partial charge is 0.341 e. The minimum absolute atomic E-state index is 0.0655. The number of amides is 1. The SMILES string of the molecule is N#CC(=Cc1ccc(OCC(=O)O)c(Br)c1)C(=O)Nc1ccc2ccccc2c1. The highest BCUT2D eigenvalue weighted by atomic mass is 79.9. The Morgan fingerprint density at radius 1 is 1.10 bits per heavy atom. The summed E-state index contributed by atoms with van der Waals surface area (Å²) in [5.41, 5.74) is 1.11. The number of carboxylic acid groups (broad SMARTS) is 1. The van der Waals surface area contributed by atoms with E-state index in [1.807, 2.05) is 42.5 Å². The van der Waals surface area contributed by atoms with E-state index in [0.717, 1.165) is 10.8 Å². The van der Waals surface area contributed by atoms with Crippen molar-refractivity contribution in [1.29, 1.82) is 5.26 Å². The minimum atomic E-state index is -1.09. The molecule has 0 saturated heterocycles. The van der Waals surface area contributed by atoms with Crippen molar-refractivity contribution in [3.63, 3.8) is 0 Å². The fourth-order valence-corrected chi connectivity index (χ4v) is 3.16. The number of ether oxygens (including phenoxy) is 1. The standard InChI is InChI=1S/C22H15BrN2O4/c23-19-10-14(5-8-20(19)29-13-21(26)27)9-17(12-24)22(28)25-18-7-6-15-3-1-2-4-16(15)11-18/h1-11H,13H2,(H,25,28)(H,26,27). The van der Waals surface area contributed by atoms with Crippen LogP contribution in [0.2, 0.25) is 0 Å². The number of carboxylic acids is 1. The van der Waals surface area contributed by atoms with Crippen molar-refractivity contribution in [3.05, 3.63) is 76.3 Å². The van der Waals surface area contributed by atoms with Gasteiger partial charge in [0.05, 0.1) is 4.47 Å². The second-order valence-electron chi connectivity index (χ2n) is 6.06. The summed E-state index contributed by atoms with van der Waals surface area (Å²) < 4.78 is 5.65. The monoisotopic (exact) mass is 450 g/mol. The van der Waals surface area contributed by atoms with Crippen molar-refractivity contribution in [3.8, 4) is 11.8 Å². The van der Waals surface area contributed by atoms with Crippen molar-refractivity contribution in [2.45, 2.75) is 0 Å². The summed E-state index contributed by atoms with van der Waals surface area (Å²) in [6.45, 7) is -0.467. The van der Waals surface area contributed by atoms with Gasteiger partial charge in [0.1, 0.15) is 17.4 Å². The number of halogens is 1. The van der Waals surface area contributed by atoms with E-state index in [9.17, 15) is 14.9 Å². The molecule has 0 bridgehead atoms. The van der Waals surface area contributed by atoms with Gasteiger partial charge in [0.25, 0.3) is 5.91 Å². The van der Waals surface area contributed by atoms with E-state index in [1.54, 1.807) is 24.3 Å². The van der Waals surface area contributed by atoms with Crippen LogP contribution in [0.5, 0.6) is 5.75 Å². The zero-order valence-electron chi connectivity index (χ0n) is 15.1. The first-order valence-electron chi connectivity index (χ1n) is 8.52. The summed E-state index contributed by atoms with van der Waals surface area (Å²) in [6.07, 6.45) is 1.45. The Kier molecular flexibility index (Phi) is 6.27. The molecular weight excluding hydrogens is 436 g/mol. The fraction of sp³-hybridized carbons (Fsp3) is 0.0455. The number of nitriles is 1. The third-order valence-corrected chi connectivity index (χ3v) is 4.61. The molecule has 0 atom stereocenters. The average Bonchev–Trinajstić information content (AvgIpc) is 2.71. The third-order valence-electron chi connectivity index (χ3n) is 3.99. The van der Waals surface area contributed by atoms with Gasteiger partial charge in [-0.05, 0) is 62.6 Å². The Bertz CT molecular complexity index is 1160. The number of hydrogen-bond acceptors (Lipinski definition) is 4. The van der Waals surface area contributed by atoms with Gasteiger partial charge in [-0.2, -0.15) is 5.26 Å². The lowest BCUT2D eigenvalue weighted by molar-refractivity contribution is -0.139. The van der Waals surface area contributed by atoms with E-state index < -0.39 is 18.5 Å². The summed E-state index contributed by atoms with van der Waals surface area (Å²) in [5.74, 6) is -1.26. The van der Waals surface area contributed by atoms with E-state index in [2.05, 4.69) is 21.2 Å². The second-order valence-corrected chi connectivity index (χ2v) is 6.91. The molecule has 3 aromatic carbocycles. The van der Waals surface area contributed by atoms with Gasteiger partial charge in [0.15, 0.2) is 6.61 Å². The van der Waals surface area contributed by atoms with Crippen LogP contribution in [0.3, 0.4) is 0 Å². The zero-order valence-corrected chi connectivity index (χ0v) is 16.6. The highest BCUT2D eigenvalue weighted by Gasteiger charge is 2.11. The molecule has 0 aliphatic carbocycles. The van der Waals surface area contributed by atoms with E-state index in [-0.39, 0.29) is 5.57 Å². The maximum Gasteiger partial charge on any atom is 0.341 e. The summed E-state index contributed by atoms with van der Waals surface area (Å²) in [6, 6.07) is 20.0. The Balaban J connectivity index is 1.77. The fourth-order valence-electron chi connectivity index (χ4n) is 2.64. The molecule has 1 amide bonds. The Hall–Kier alpha value is -3.63. The van der Waals surface area contributed by atoms with Gasteiger partial charge in [-0.25, -0.2) is 4.79 Å². The van der Waals surface area contributed by atoms with E-state index >= 15 is 0 Å². The topological polar surface area (TPSA) is 99.4 Å². The summed E-state index contributed by atoms with van der Waals surface area (Å²) in [7, 11) is 0. The Morgan fingerprint density at radius 2 is 1.86 bits per heavy atom. The van der Waals surface area contributed by atoms with Crippen LogP contribution in [-0.4, -0.2) is 23.6 Å². The van der Waals surface area contributed by atoms with Gasteiger partial charge in [-0.1, -0.05) is 36.4 Å². The molecule has 3 aromatic rings. The van der Waals surface area contributed by atoms with Crippen LogP contribution >= 0.6 is 15.9 Å². The van der Waals surface area contributed by atoms with Crippen molar-refractivity contribution >= 4 is 50.3 Å². The van der Waals surface area contributed by atoms with Crippen molar-refractivity contribution in [2.24, 2.45) is 0 Å². The van der Waals surface area contributed by atoms with Crippen molar-refractivity contribution in [1.82, 2.24) is 0 Å². The zero-order chi connectivity index (χ0) is 20.8. The predicted octanol–water partition coefficient (Wildman–Crippen LogP) is 4.61. The lowest BCUT2D eigenvalue weighted by Crippen LogP contribution is -2.13. The van der Waals surface area contributed by atoms with Crippen molar-refractivity contribution in [2.75, 3.05) is 11.9 Å². The minimum Gasteiger partial charge on any atom is -0.481 e. The number of rotatable bonds is 6. The van der Waals surface area contributed by atoms with Crippen LogP contribution in [0.1, 0.15) is 5.56 Å². The number of carbonyl (C=O) groups excluding carboxylic acids is 1. The highest BCUT2D eigenvalue weighted by molar-refractivity contribution is 9.10. The van der Waals surface area contributed by atoms with E-state index in [1.165, 1.54) is 6.08 Å². The lowest BCUT2D eigenvalue weighted by atomic mass is 10.1. The molecule has 0 spiro atoms. The van der Waals surface area contributed by atoms with Gasteiger partial charge < -0.3 is 15.2 Å². The molecule has 0 radical (unpaired) electrons. The Labute approximate surface area is 175 Å². The summed E-state index contributed by atoms with van der Waals surface area (Å²) in [5, 5.41) is 22.8. The molecule has 29 heavy (non-hydrogen) atoms. The largest absolute Gasteiger partial charge is 0.481 e. The number of fused-ring (bicyclic) bond motifs is 1. The predicted molar refractivity (Wildman–Crippen MR) is 113 cm³/mol. The number of hydrogen-bond donors (Lipinski definition) is 2. The van der Waals surface area contributed by atoms with Crippen LogP contribution in [0, 0.1) is 11.3 Å². The van der Waals surface area contributed by atoms with E-state index in [0.29, 0.717) is 21.5 Å². The first-order valence-corrected chi connectivity index (χ1v) is 9.31. The lowest BCUT2D eigenvalue weighted by Gasteiger charge is -2.08. The average molecular weight is 451 g/mol. The van der Waals surface area contributed by atoms with Gasteiger partial charge in [0, 0.05) is 5.69 Å². The van der Waals surface area contributed by atoms with Crippen LogP contribution in [0.25, 0.3) is 16.8 Å². The number of aliphatic carboxylic acids is 1. The van der Waals surface area contributed by atoms with Crippen LogP contribution in [0.4, 0.5) is 5.69 Å². The molecule has 7 heteroatoms. The van der Waals surface area contributed by atoms with E-state index in [4.69, 9.17) is 9.84 Å². The number of carbonyl (C=O) groups is 2. The molecule has 3 rings (SSSR count). The number of benzene rings is 3. The second kappa shape index (κ2) is 9.04. The van der Waals surface area contributed by atoms with Crippen LogP contribution < -0.4 is 10.1 Å². The Morgan fingerprint density at radius 3 is 2.55 bits per heavy atom. The molecule has 0 heterocycles. The third kappa shape index (κ3) is 5.21. The number of anilines is 1. The molecule has 0 aliphatic heterocycles. The van der Waals surface area contributed by atoms with Gasteiger partial charge in [-0.3, -0.25) is 4.79 Å². The molecule has 144 valence electrons. The molecule has 0 fully saturated rings. The molecule has 0 aromatic heterocycles. The van der Waals surface area contributed by atoms with Crippen LogP contribution in [-0.2, 0) is 9.59 Å². The van der Waals surface area contributed by atoms with Gasteiger partial charge >= 0.3 is 5.97 Å². The molecule has 0 saturated carbocycles. The molecular formula is C22H15BrN2O4. The summed E-state index contributed by atoms with van der Waals surface area (Å²) >= 11 is 3.29. The quantitative estimate of drug-likeness (QED) is 0.421. The van der Waals surface area contributed by atoms with Crippen LogP contribution in [0.15, 0.2) is 70.7 Å². The summed E-state index contributed by atoms with van der Waals surface area (Å²) in [4.78, 5) is 23.1. The molecule has 6 nitrogen and oxygen atoms in total. The number of nitrogens with zero attached hydrogens (tertiary/aromatic N) is 1. The van der Waals surface area contributed by atoms with Gasteiger partial charge in [0.2, 0.25) is 0 Å². The maximum absolute atomic E-state index is 12.5. The normalized spacial score (nSPS) is 11.0.